The number of carbonyl (C=O) groups excluding carboxylic acids is 3. The number of hydrogen-bond acceptors (Lipinski definition) is 5. The van der Waals surface area contributed by atoms with E-state index < -0.39 is 41.1 Å². The van der Waals surface area contributed by atoms with Gasteiger partial charge in [-0.3, -0.25) is 9.59 Å². The second-order valence-corrected chi connectivity index (χ2v) is 9.80. The Labute approximate surface area is 191 Å². The normalized spacial score (nSPS) is 13.5. The average molecular weight is 448 g/mol. The summed E-state index contributed by atoms with van der Waals surface area (Å²) in [5, 5.41) is 16.1. The Morgan fingerprint density at radius 3 is 2.28 bits per heavy atom. The molecule has 0 radical (unpaired) electrons. The molecule has 2 atom stereocenters. The summed E-state index contributed by atoms with van der Waals surface area (Å²) in [7, 11) is 0. The maximum Gasteiger partial charge on any atom is 0.408 e. The van der Waals surface area contributed by atoms with E-state index in [1.807, 2.05) is 20.8 Å². The van der Waals surface area contributed by atoms with Gasteiger partial charge in [0.05, 0.1) is 0 Å². The van der Waals surface area contributed by atoms with E-state index >= 15 is 0 Å². The van der Waals surface area contributed by atoms with Crippen LogP contribution in [0.15, 0.2) is 30.9 Å². The van der Waals surface area contributed by atoms with Crippen LogP contribution in [-0.2, 0) is 14.3 Å². The fraction of sp³-hybridized carbons (Fsp3) is 0.542. The summed E-state index contributed by atoms with van der Waals surface area (Å²) in [5.41, 5.74) is -0.442. The number of hydrogen-bond donors (Lipinski definition) is 3. The number of carbonyl (C=O) groups is 3. The lowest BCUT2D eigenvalue weighted by atomic mass is 9.98. The van der Waals surface area contributed by atoms with Crippen LogP contribution >= 0.6 is 0 Å². The third-order valence-electron chi connectivity index (χ3n) is 4.33. The zero-order valence-corrected chi connectivity index (χ0v) is 20.4. The van der Waals surface area contributed by atoms with Crippen molar-refractivity contribution in [2.45, 2.75) is 78.6 Å². The van der Waals surface area contributed by atoms with Crippen molar-refractivity contribution in [3.05, 3.63) is 42.0 Å². The minimum absolute atomic E-state index is 0.0226. The maximum atomic E-state index is 13.4. The molecule has 1 rings (SSSR count). The van der Waals surface area contributed by atoms with Crippen LogP contribution in [0, 0.1) is 6.92 Å². The Balaban J connectivity index is 3.39. The van der Waals surface area contributed by atoms with Crippen molar-refractivity contribution in [3.8, 4) is 5.75 Å². The molecule has 1 aromatic carbocycles. The predicted octanol–water partition coefficient (Wildman–Crippen LogP) is 3.58. The Hall–Kier alpha value is -3.03. The molecular formula is C24H37N3O5. The van der Waals surface area contributed by atoms with Gasteiger partial charge in [0, 0.05) is 17.6 Å². The van der Waals surface area contributed by atoms with Crippen LogP contribution in [0.2, 0.25) is 0 Å². The highest BCUT2D eigenvalue weighted by atomic mass is 16.6. The molecule has 0 spiro atoms. The first-order valence-corrected chi connectivity index (χ1v) is 10.6. The molecule has 0 aliphatic rings. The molecule has 3 N–H and O–H groups in total. The van der Waals surface area contributed by atoms with E-state index in [9.17, 15) is 19.5 Å². The van der Waals surface area contributed by atoms with Gasteiger partial charge in [-0.25, -0.2) is 4.79 Å². The molecule has 0 aliphatic heterocycles. The summed E-state index contributed by atoms with van der Waals surface area (Å²) < 4.78 is 5.23. The van der Waals surface area contributed by atoms with Crippen LogP contribution in [0.25, 0.3) is 0 Å². The van der Waals surface area contributed by atoms with Crippen molar-refractivity contribution in [1.82, 2.24) is 15.5 Å². The van der Waals surface area contributed by atoms with Crippen molar-refractivity contribution < 1.29 is 24.2 Å². The average Bonchev–Trinajstić information content (AvgIpc) is 2.60. The SMILES string of the molecule is C=CCN(C(=O)C(C)NC(=O)OC(C)(C)C)C(C(=O)NC(C)(C)C)c1cccc(C)c1O. The number of nitrogens with one attached hydrogen (secondary N) is 2. The fourth-order valence-corrected chi connectivity index (χ4v) is 3.05. The number of phenols is 1. The summed E-state index contributed by atoms with van der Waals surface area (Å²) in [6.45, 7) is 17.6. The number of aryl methyl sites for hydroxylation is 1. The van der Waals surface area contributed by atoms with E-state index in [0.717, 1.165) is 0 Å². The Morgan fingerprint density at radius 1 is 1.19 bits per heavy atom. The summed E-state index contributed by atoms with van der Waals surface area (Å²) in [6.07, 6.45) is 0.744. The Bertz CT molecular complexity index is 852. The zero-order chi connectivity index (χ0) is 24.9. The van der Waals surface area contributed by atoms with Crippen LogP contribution in [0.3, 0.4) is 0 Å². The van der Waals surface area contributed by atoms with Crippen LogP contribution in [-0.4, -0.2) is 51.6 Å². The lowest BCUT2D eigenvalue weighted by molar-refractivity contribution is -0.142. The summed E-state index contributed by atoms with van der Waals surface area (Å²) in [5.74, 6) is -1.06. The van der Waals surface area contributed by atoms with Gasteiger partial charge in [0.25, 0.3) is 0 Å². The molecule has 0 fully saturated rings. The van der Waals surface area contributed by atoms with E-state index in [0.29, 0.717) is 5.56 Å². The zero-order valence-electron chi connectivity index (χ0n) is 20.4. The first-order valence-electron chi connectivity index (χ1n) is 10.6. The van der Waals surface area contributed by atoms with Crippen LogP contribution < -0.4 is 10.6 Å². The molecule has 1 aromatic rings. The predicted molar refractivity (Wildman–Crippen MR) is 124 cm³/mol. The Morgan fingerprint density at radius 2 is 1.78 bits per heavy atom. The highest BCUT2D eigenvalue weighted by Gasteiger charge is 2.36. The van der Waals surface area contributed by atoms with Gasteiger partial charge in [0.15, 0.2) is 0 Å². The van der Waals surface area contributed by atoms with Gasteiger partial charge in [0.1, 0.15) is 23.4 Å². The van der Waals surface area contributed by atoms with Crippen LogP contribution in [0.4, 0.5) is 4.79 Å². The molecule has 0 aromatic heterocycles. The number of para-hydroxylation sites is 1. The second kappa shape index (κ2) is 10.5. The summed E-state index contributed by atoms with van der Waals surface area (Å²) in [4.78, 5) is 40.1. The van der Waals surface area contributed by atoms with Gasteiger partial charge < -0.3 is 25.4 Å². The molecule has 0 aliphatic carbocycles. The molecule has 32 heavy (non-hydrogen) atoms. The molecule has 0 saturated heterocycles. The first-order chi connectivity index (χ1) is 14.6. The lowest BCUT2D eigenvalue weighted by Gasteiger charge is -2.35. The van der Waals surface area contributed by atoms with Gasteiger partial charge in [-0.2, -0.15) is 0 Å². The number of alkyl carbamates (subject to hydrolysis) is 1. The van der Waals surface area contributed by atoms with E-state index in [-0.39, 0.29) is 17.9 Å². The van der Waals surface area contributed by atoms with Gasteiger partial charge in [-0.05, 0) is 61.0 Å². The highest BCUT2D eigenvalue weighted by Crippen LogP contribution is 2.32. The van der Waals surface area contributed by atoms with E-state index in [4.69, 9.17) is 4.74 Å². The molecule has 0 bridgehead atoms. The topological polar surface area (TPSA) is 108 Å². The number of ether oxygens (including phenoxy) is 1. The molecule has 3 amide bonds. The van der Waals surface area contributed by atoms with Gasteiger partial charge in [-0.1, -0.05) is 24.3 Å². The number of rotatable bonds is 7. The molecule has 178 valence electrons. The van der Waals surface area contributed by atoms with Crippen LogP contribution in [0.1, 0.15) is 65.6 Å². The van der Waals surface area contributed by atoms with Gasteiger partial charge in [0.2, 0.25) is 11.8 Å². The highest BCUT2D eigenvalue weighted by molar-refractivity contribution is 5.92. The fourth-order valence-electron chi connectivity index (χ4n) is 3.05. The number of nitrogens with zero attached hydrogens (tertiary/aromatic N) is 1. The van der Waals surface area contributed by atoms with Crippen molar-refractivity contribution in [2.75, 3.05) is 6.54 Å². The van der Waals surface area contributed by atoms with Gasteiger partial charge in [-0.15, -0.1) is 6.58 Å². The number of benzene rings is 1. The van der Waals surface area contributed by atoms with Crippen molar-refractivity contribution in [3.63, 3.8) is 0 Å². The monoisotopic (exact) mass is 447 g/mol. The van der Waals surface area contributed by atoms with Crippen molar-refractivity contribution >= 4 is 17.9 Å². The molecule has 0 saturated carbocycles. The van der Waals surface area contributed by atoms with Crippen molar-refractivity contribution in [2.24, 2.45) is 0 Å². The minimum Gasteiger partial charge on any atom is -0.507 e. The summed E-state index contributed by atoms with van der Waals surface area (Å²) >= 11 is 0. The number of amides is 3. The van der Waals surface area contributed by atoms with E-state index in [1.165, 1.54) is 17.9 Å². The first kappa shape index (κ1) is 27.0. The smallest absolute Gasteiger partial charge is 0.408 e. The molecule has 0 heterocycles. The van der Waals surface area contributed by atoms with Gasteiger partial charge >= 0.3 is 6.09 Å². The molecule has 2 unspecified atom stereocenters. The lowest BCUT2D eigenvalue weighted by Crippen LogP contribution is -2.53. The maximum absolute atomic E-state index is 13.4. The number of phenolic OH excluding ortho intramolecular Hbond substituents is 1. The van der Waals surface area contributed by atoms with Crippen LogP contribution in [0.5, 0.6) is 5.75 Å². The second-order valence-electron chi connectivity index (χ2n) is 9.80. The van der Waals surface area contributed by atoms with E-state index in [2.05, 4.69) is 17.2 Å². The molecule has 8 nitrogen and oxygen atoms in total. The third-order valence-corrected chi connectivity index (χ3v) is 4.33. The largest absolute Gasteiger partial charge is 0.507 e. The van der Waals surface area contributed by atoms with E-state index in [1.54, 1.807) is 45.9 Å². The molecular weight excluding hydrogens is 410 g/mol. The third kappa shape index (κ3) is 7.90. The quantitative estimate of drug-likeness (QED) is 0.554. The number of aromatic hydroxyl groups is 1. The minimum atomic E-state index is -1.14. The summed E-state index contributed by atoms with van der Waals surface area (Å²) in [6, 6.07) is 2.90. The van der Waals surface area contributed by atoms with Crippen molar-refractivity contribution in [1.29, 1.82) is 0 Å². The molecule has 8 heteroatoms. The standard InChI is InChI=1S/C24H37N3O5/c1-10-14-27(21(30)16(3)25-22(31)32-24(7,8)9)18(20(29)26-23(4,5)6)17-13-11-12-15(2)19(17)28/h10-13,16,18,28H,1,14H2,2-9H3,(H,25,31)(H,26,29). The Kier molecular flexibility index (Phi) is 8.88.